The summed E-state index contributed by atoms with van der Waals surface area (Å²) in [4.78, 5) is 22.5. The van der Waals surface area contributed by atoms with Crippen LogP contribution in [0.15, 0.2) is 12.2 Å². The lowest BCUT2D eigenvalue weighted by molar-refractivity contribution is -0.124. The van der Waals surface area contributed by atoms with E-state index in [0.29, 0.717) is 0 Å². The summed E-state index contributed by atoms with van der Waals surface area (Å²) in [6.07, 6.45) is 0. The SMILES string of the molecule is C=C(C(=O)C(C)C)C(=O)C(C)C. The van der Waals surface area contributed by atoms with Crippen LogP contribution in [-0.2, 0) is 9.59 Å². The van der Waals surface area contributed by atoms with E-state index in [2.05, 4.69) is 6.58 Å². The molecule has 0 aromatic rings. The van der Waals surface area contributed by atoms with Gasteiger partial charge in [0.2, 0.25) is 0 Å². The van der Waals surface area contributed by atoms with Crippen molar-refractivity contribution in [2.24, 2.45) is 11.8 Å². The summed E-state index contributed by atoms with van der Waals surface area (Å²) in [6, 6.07) is 0. The second-order valence-electron chi connectivity index (χ2n) is 3.52. The molecule has 0 aromatic carbocycles. The molecule has 0 spiro atoms. The minimum absolute atomic E-state index is 0.139. The number of carbonyl (C=O) groups excluding carboxylic acids is 2. The Hall–Kier alpha value is -0.920. The molecule has 0 radical (unpaired) electrons. The number of allylic oxidation sites excluding steroid dienone is 1. The molecule has 0 aliphatic carbocycles. The Morgan fingerprint density at radius 1 is 0.917 bits per heavy atom. The second kappa shape index (κ2) is 4.19. The lowest BCUT2D eigenvalue weighted by Crippen LogP contribution is -2.20. The van der Waals surface area contributed by atoms with Gasteiger partial charge in [-0.1, -0.05) is 34.3 Å². The Morgan fingerprint density at radius 2 is 1.17 bits per heavy atom. The number of carbonyl (C=O) groups is 2. The third-order valence-corrected chi connectivity index (χ3v) is 1.64. The van der Waals surface area contributed by atoms with Crippen molar-refractivity contribution in [3.63, 3.8) is 0 Å². The summed E-state index contributed by atoms with van der Waals surface area (Å²) >= 11 is 0. The van der Waals surface area contributed by atoms with E-state index in [1.54, 1.807) is 27.7 Å². The maximum atomic E-state index is 11.3. The number of hydrogen-bond donors (Lipinski definition) is 0. The lowest BCUT2D eigenvalue weighted by Gasteiger charge is -2.08. The highest BCUT2D eigenvalue weighted by atomic mass is 16.1. The highest BCUT2D eigenvalue weighted by Gasteiger charge is 2.20. The maximum Gasteiger partial charge on any atom is 0.168 e. The zero-order chi connectivity index (χ0) is 9.89. The molecular formula is C10H16O2. The normalized spacial score (nSPS) is 10.5. The van der Waals surface area contributed by atoms with Gasteiger partial charge in [-0.15, -0.1) is 0 Å². The van der Waals surface area contributed by atoms with E-state index < -0.39 is 0 Å². The average Bonchev–Trinajstić information content (AvgIpc) is 2.00. The van der Waals surface area contributed by atoms with Crippen LogP contribution < -0.4 is 0 Å². The van der Waals surface area contributed by atoms with Crippen LogP contribution in [0.25, 0.3) is 0 Å². The first kappa shape index (κ1) is 11.1. The standard InChI is InChI=1S/C10H16O2/c1-6(2)9(11)8(5)10(12)7(3)4/h6-7H,5H2,1-4H3. The summed E-state index contributed by atoms with van der Waals surface area (Å²) in [5, 5.41) is 0. The second-order valence-corrected chi connectivity index (χ2v) is 3.52. The quantitative estimate of drug-likeness (QED) is 0.365. The molecule has 0 saturated carbocycles. The minimum atomic E-state index is -0.145. The van der Waals surface area contributed by atoms with Crippen LogP contribution >= 0.6 is 0 Å². The number of rotatable bonds is 4. The highest BCUT2D eigenvalue weighted by molar-refractivity contribution is 6.20. The van der Waals surface area contributed by atoms with Crippen LogP contribution in [0.2, 0.25) is 0 Å². The van der Waals surface area contributed by atoms with E-state index in [1.165, 1.54) is 0 Å². The average molecular weight is 168 g/mol. The maximum absolute atomic E-state index is 11.3. The van der Waals surface area contributed by atoms with Crippen LogP contribution in [0.3, 0.4) is 0 Å². The van der Waals surface area contributed by atoms with Gasteiger partial charge in [-0.2, -0.15) is 0 Å². The van der Waals surface area contributed by atoms with Crippen molar-refractivity contribution in [3.05, 3.63) is 12.2 Å². The molecule has 0 amide bonds. The molecule has 0 unspecified atom stereocenters. The third kappa shape index (κ3) is 2.61. The topological polar surface area (TPSA) is 34.1 Å². The molecule has 12 heavy (non-hydrogen) atoms. The van der Waals surface area contributed by atoms with Gasteiger partial charge in [0.15, 0.2) is 11.6 Å². The van der Waals surface area contributed by atoms with E-state index in [4.69, 9.17) is 0 Å². The number of hydrogen-bond acceptors (Lipinski definition) is 2. The van der Waals surface area contributed by atoms with Gasteiger partial charge in [-0.3, -0.25) is 9.59 Å². The predicted molar refractivity (Wildman–Crippen MR) is 48.8 cm³/mol. The first-order chi connectivity index (χ1) is 5.37. The summed E-state index contributed by atoms with van der Waals surface area (Å²) in [5.74, 6) is -0.567. The van der Waals surface area contributed by atoms with Crippen LogP contribution in [0.5, 0.6) is 0 Å². The third-order valence-electron chi connectivity index (χ3n) is 1.64. The Bertz CT molecular complexity index is 190. The fraction of sp³-hybridized carbons (Fsp3) is 0.600. The fourth-order valence-electron chi connectivity index (χ4n) is 0.818. The zero-order valence-corrected chi connectivity index (χ0v) is 8.18. The number of ketones is 2. The Labute approximate surface area is 73.7 Å². The van der Waals surface area contributed by atoms with Gasteiger partial charge in [0.05, 0.1) is 5.57 Å². The molecule has 0 aliphatic rings. The van der Waals surface area contributed by atoms with Crippen molar-refractivity contribution in [2.75, 3.05) is 0 Å². The molecule has 0 fully saturated rings. The molecule has 0 rings (SSSR count). The summed E-state index contributed by atoms with van der Waals surface area (Å²) in [5.41, 5.74) is 0.139. The van der Waals surface area contributed by atoms with Crippen molar-refractivity contribution >= 4 is 11.6 Å². The van der Waals surface area contributed by atoms with E-state index in [0.717, 1.165) is 0 Å². The highest BCUT2D eigenvalue weighted by Crippen LogP contribution is 2.09. The molecular weight excluding hydrogens is 152 g/mol. The van der Waals surface area contributed by atoms with Crippen molar-refractivity contribution in [2.45, 2.75) is 27.7 Å². The van der Waals surface area contributed by atoms with Crippen LogP contribution in [0.1, 0.15) is 27.7 Å². The van der Waals surface area contributed by atoms with Gasteiger partial charge < -0.3 is 0 Å². The van der Waals surface area contributed by atoms with Crippen LogP contribution in [-0.4, -0.2) is 11.6 Å². The molecule has 0 heterocycles. The van der Waals surface area contributed by atoms with Crippen LogP contribution in [0, 0.1) is 11.8 Å². The predicted octanol–water partition coefficient (Wildman–Crippen LogP) is 1.99. The molecule has 2 nitrogen and oxygen atoms in total. The Morgan fingerprint density at radius 3 is 1.33 bits per heavy atom. The Balaban J connectivity index is 4.41. The minimum Gasteiger partial charge on any atom is -0.294 e. The van der Waals surface area contributed by atoms with E-state index in [9.17, 15) is 9.59 Å². The van der Waals surface area contributed by atoms with Crippen molar-refractivity contribution in [3.8, 4) is 0 Å². The van der Waals surface area contributed by atoms with Gasteiger partial charge >= 0.3 is 0 Å². The van der Waals surface area contributed by atoms with Crippen molar-refractivity contribution in [1.29, 1.82) is 0 Å². The first-order valence-corrected chi connectivity index (χ1v) is 4.15. The summed E-state index contributed by atoms with van der Waals surface area (Å²) in [6.45, 7) is 10.6. The monoisotopic (exact) mass is 168 g/mol. The molecule has 0 bridgehead atoms. The molecule has 0 aromatic heterocycles. The summed E-state index contributed by atoms with van der Waals surface area (Å²) in [7, 11) is 0. The van der Waals surface area contributed by atoms with E-state index >= 15 is 0 Å². The van der Waals surface area contributed by atoms with Crippen LogP contribution in [0.4, 0.5) is 0 Å². The van der Waals surface area contributed by atoms with E-state index in [-0.39, 0.29) is 29.0 Å². The molecule has 0 saturated heterocycles. The molecule has 0 aliphatic heterocycles. The Kier molecular flexibility index (Phi) is 3.87. The molecule has 0 N–H and O–H groups in total. The smallest absolute Gasteiger partial charge is 0.168 e. The van der Waals surface area contributed by atoms with Gasteiger partial charge in [0.1, 0.15) is 0 Å². The molecule has 2 heteroatoms. The van der Waals surface area contributed by atoms with Gasteiger partial charge in [-0.05, 0) is 0 Å². The first-order valence-electron chi connectivity index (χ1n) is 4.15. The van der Waals surface area contributed by atoms with Gasteiger partial charge in [-0.25, -0.2) is 0 Å². The van der Waals surface area contributed by atoms with Gasteiger partial charge in [0.25, 0.3) is 0 Å². The molecule has 0 atom stereocenters. The number of Topliss-reactive ketones (excluding diaryl/α,β-unsaturated/α-hetero) is 2. The largest absolute Gasteiger partial charge is 0.294 e. The summed E-state index contributed by atoms with van der Waals surface area (Å²) < 4.78 is 0. The van der Waals surface area contributed by atoms with E-state index in [1.807, 2.05) is 0 Å². The van der Waals surface area contributed by atoms with Crippen molar-refractivity contribution in [1.82, 2.24) is 0 Å². The molecule has 68 valence electrons. The lowest BCUT2D eigenvalue weighted by atomic mass is 9.94. The fourth-order valence-corrected chi connectivity index (χ4v) is 0.818. The van der Waals surface area contributed by atoms with Gasteiger partial charge in [0, 0.05) is 11.8 Å². The van der Waals surface area contributed by atoms with Crippen molar-refractivity contribution < 1.29 is 9.59 Å². The zero-order valence-electron chi connectivity index (χ0n) is 8.18.